The number of nitrogen functional groups attached to an aromatic ring is 1. The number of alkyl halides is 3. The van der Waals surface area contributed by atoms with E-state index in [0.717, 1.165) is 16.2 Å². The van der Waals surface area contributed by atoms with Gasteiger partial charge in [-0.2, -0.15) is 13.2 Å². The number of aromatic nitrogens is 1. The number of carboxylic acid groups (broad SMARTS) is 1. The molecule has 2 fully saturated rings. The number of halogens is 3. The second-order valence-corrected chi connectivity index (χ2v) is 9.06. The van der Waals surface area contributed by atoms with Crippen LogP contribution in [-0.4, -0.2) is 74.4 Å². The van der Waals surface area contributed by atoms with Crippen molar-refractivity contribution in [3.63, 3.8) is 0 Å². The van der Waals surface area contributed by atoms with Crippen molar-refractivity contribution in [2.75, 3.05) is 12.3 Å². The van der Waals surface area contributed by atoms with E-state index in [1.165, 1.54) is 5.38 Å². The van der Waals surface area contributed by atoms with Gasteiger partial charge in [-0.3, -0.25) is 19.3 Å². The molecule has 4 heterocycles. The summed E-state index contributed by atoms with van der Waals surface area (Å²) in [7, 11) is 0. The average Bonchev–Trinajstić information content (AvgIpc) is 3.42. The number of carbonyl (C=O) groups is 4. The zero-order valence-corrected chi connectivity index (χ0v) is 22.1. The number of fused-ring (bicyclic) bond motifs is 1. The molecule has 4 rings (SSSR count). The van der Waals surface area contributed by atoms with Crippen molar-refractivity contribution in [3.05, 3.63) is 33.5 Å². The predicted octanol–water partition coefficient (Wildman–Crippen LogP) is -2.38. The number of rotatable bonds is 6. The Labute approximate surface area is 234 Å². The SMILES string of the molecule is Nc1nc(C(=NO)C(=O)N[C@@H]2C(=O)N3C(C(=O)O)=C(C(CC(F)(F)F)=C4CCNC4=O)CC[C@H]23)cs1.[H-].[Na+]. The van der Waals surface area contributed by atoms with Crippen molar-refractivity contribution in [3.8, 4) is 0 Å². The predicted molar refractivity (Wildman–Crippen MR) is 118 cm³/mol. The summed E-state index contributed by atoms with van der Waals surface area (Å²) in [4.78, 5) is 54.4. The van der Waals surface area contributed by atoms with Gasteiger partial charge in [-0.05, 0) is 30.4 Å². The second-order valence-electron chi connectivity index (χ2n) is 8.17. The molecular weight excluding hydrogens is 532 g/mol. The topological polar surface area (TPSA) is 187 Å². The molecule has 0 aromatic carbocycles. The van der Waals surface area contributed by atoms with Crippen LogP contribution in [0.4, 0.5) is 18.3 Å². The third-order valence-electron chi connectivity index (χ3n) is 6.05. The number of aliphatic carboxylic acids is 1. The van der Waals surface area contributed by atoms with Crippen molar-refractivity contribution >= 4 is 45.9 Å². The Kier molecular flexibility index (Phi) is 8.36. The van der Waals surface area contributed by atoms with Crippen LogP contribution in [0.15, 0.2) is 33.0 Å². The number of nitrogens with one attached hydrogen (secondary N) is 2. The monoisotopic (exact) mass is 552 g/mol. The minimum absolute atomic E-state index is 0. The Hall–Kier alpha value is -2.95. The molecule has 2 atom stereocenters. The fraction of sp³-hybridized carbons (Fsp3) is 0.400. The number of β-lactam (4-membered cyclic amide) rings is 1. The molecule has 37 heavy (non-hydrogen) atoms. The Morgan fingerprint density at radius 2 is 2.05 bits per heavy atom. The molecule has 3 aliphatic heterocycles. The molecule has 0 spiro atoms. The van der Waals surface area contributed by atoms with Crippen molar-refractivity contribution in [2.45, 2.75) is 43.9 Å². The van der Waals surface area contributed by atoms with Crippen LogP contribution in [0, 0.1) is 0 Å². The van der Waals surface area contributed by atoms with Gasteiger partial charge in [0.25, 0.3) is 11.8 Å². The number of thiazole rings is 1. The molecule has 0 unspecified atom stereocenters. The summed E-state index contributed by atoms with van der Waals surface area (Å²) >= 11 is 0.979. The van der Waals surface area contributed by atoms with E-state index in [0.29, 0.717) is 0 Å². The van der Waals surface area contributed by atoms with Gasteiger partial charge in [0.05, 0.1) is 12.5 Å². The average molecular weight is 552 g/mol. The smallest absolute Gasteiger partial charge is 1.00 e. The maximum Gasteiger partial charge on any atom is 1.00 e. The first-order valence-corrected chi connectivity index (χ1v) is 11.4. The van der Waals surface area contributed by atoms with Gasteiger partial charge in [0.15, 0.2) is 10.8 Å². The molecule has 2 saturated heterocycles. The van der Waals surface area contributed by atoms with Gasteiger partial charge in [0.2, 0.25) is 5.91 Å². The minimum atomic E-state index is -4.73. The number of oxime groups is 1. The van der Waals surface area contributed by atoms with Crippen LogP contribution in [0.5, 0.6) is 0 Å². The summed E-state index contributed by atoms with van der Waals surface area (Å²) in [6, 6.07) is -2.08. The van der Waals surface area contributed by atoms with Crippen LogP contribution in [0.2, 0.25) is 0 Å². The summed E-state index contributed by atoms with van der Waals surface area (Å²) in [5.74, 6) is -4.20. The molecule has 1 aromatic rings. The molecule has 17 heteroatoms. The molecule has 3 aliphatic rings. The Bertz CT molecular complexity index is 1270. The van der Waals surface area contributed by atoms with Crippen LogP contribution in [0.3, 0.4) is 0 Å². The van der Waals surface area contributed by atoms with Crippen molar-refractivity contribution < 1.29 is 73.6 Å². The number of amides is 3. The van der Waals surface area contributed by atoms with E-state index in [2.05, 4.69) is 20.8 Å². The van der Waals surface area contributed by atoms with Crippen LogP contribution in [0.25, 0.3) is 0 Å². The number of hydrogen-bond donors (Lipinski definition) is 5. The first kappa shape index (κ1) is 28.6. The molecule has 0 saturated carbocycles. The fourth-order valence-electron chi connectivity index (χ4n) is 4.58. The van der Waals surface area contributed by atoms with Crippen molar-refractivity contribution in [2.24, 2.45) is 5.16 Å². The summed E-state index contributed by atoms with van der Waals surface area (Å²) < 4.78 is 40.1. The van der Waals surface area contributed by atoms with Gasteiger partial charge >= 0.3 is 41.7 Å². The number of allylic oxidation sites excluding steroid dienone is 2. The first-order chi connectivity index (χ1) is 16.9. The summed E-state index contributed by atoms with van der Waals surface area (Å²) in [6.07, 6.45) is -6.42. The minimum Gasteiger partial charge on any atom is -1.00 e. The maximum absolute atomic E-state index is 13.4. The third-order valence-corrected chi connectivity index (χ3v) is 6.72. The number of anilines is 1. The molecule has 6 N–H and O–H groups in total. The van der Waals surface area contributed by atoms with Gasteiger partial charge < -0.3 is 28.1 Å². The Morgan fingerprint density at radius 3 is 2.57 bits per heavy atom. The standard InChI is InChI=1S/C20H19F3N6O6S.Na.H/c21-20(22,23)5-9(8-3-4-25-15(8)30)7-1-2-11-13(17(32)29(11)14(7)18(33)34)27-16(31)12(28-35)10-6-36-19(24)26-10;;/h6,11,13,35H,1-5H2,(H2,24,26)(H,25,30)(H,27,31)(H,33,34);;/q;+1;-1/t11-,13+;;/m1../s1. The van der Waals surface area contributed by atoms with E-state index in [1.807, 2.05) is 0 Å². The zero-order valence-electron chi connectivity index (χ0n) is 20.3. The van der Waals surface area contributed by atoms with E-state index < -0.39 is 65.4 Å². The van der Waals surface area contributed by atoms with Crippen LogP contribution in [0.1, 0.15) is 32.8 Å². The number of carboxylic acids is 1. The third kappa shape index (κ3) is 5.51. The molecular formula is C20H20F3N6NaO6S. The van der Waals surface area contributed by atoms with Crippen molar-refractivity contribution in [1.29, 1.82) is 0 Å². The number of hydrogen-bond acceptors (Lipinski definition) is 9. The van der Waals surface area contributed by atoms with Gasteiger partial charge in [-0.25, -0.2) is 9.78 Å². The molecule has 1 aromatic heterocycles. The fourth-order valence-corrected chi connectivity index (χ4v) is 5.13. The van der Waals surface area contributed by atoms with Gasteiger partial charge in [0, 0.05) is 17.5 Å². The van der Waals surface area contributed by atoms with E-state index in [1.54, 1.807) is 0 Å². The Morgan fingerprint density at radius 1 is 1.35 bits per heavy atom. The van der Waals surface area contributed by atoms with Gasteiger partial charge in [-0.15, -0.1) is 11.3 Å². The number of nitrogens with zero attached hydrogens (tertiary/aromatic N) is 3. The molecule has 3 amide bonds. The van der Waals surface area contributed by atoms with Crippen LogP contribution < -0.4 is 45.9 Å². The second kappa shape index (κ2) is 10.8. The van der Waals surface area contributed by atoms with E-state index in [-0.39, 0.29) is 78.8 Å². The number of carbonyl (C=O) groups excluding carboxylic acids is 3. The molecule has 194 valence electrons. The number of nitrogens with two attached hydrogens (primary N) is 1. The van der Waals surface area contributed by atoms with E-state index in [4.69, 9.17) is 5.73 Å². The van der Waals surface area contributed by atoms with Crippen LogP contribution in [-0.2, 0) is 19.2 Å². The molecule has 0 aliphatic carbocycles. The zero-order chi connectivity index (χ0) is 26.4. The van der Waals surface area contributed by atoms with E-state index in [9.17, 15) is 42.7 Å². The van der Waals surface area contributed by atoms with Crippen LogP contribution >= 0.6 is 11.3 Å². The molecule has 12 nitrogen and oxygen atoms in total. The summed E-state index contributed by atoms with van der Waals surface area (Å²) in [5.41, 5.74) is 3.43. The molecule has 0 radical (unpaired) electrons. The van der Waals surface area contributed by atoms with E-state index >= 15 is 0 Å². The largest absolute Gasteiger partial charge is 1.00 e. The van der Waals surface area contributed by atoms with Gasteiger partial charge in [0.1, 0.15) is 17.4 Å². The summed E-state index contributed by atoms with van der Waals surface area (Å²) in [6.45, 7) is 0.115. The summed E-state index contributed by atoms with van der Waals surface area (Å²) in [5, 5.41) is 28.2. The normalized spacial score (nSPS) is 23.1. The quantitative estimate of drug-likeness (QED) is 0.0646. The molecule has 0 bridgehead atoms. The maximum atomic E-state index is 13.4. The van der Waals surface area contributed by atoms with Crippen molar-refractivity contribution in [1.82, 2.24) is 20.5 Å². The Balaban J connectivity index is 0.00000253. The first-order valence-electron chi connectivity index (χ1n) is 10.5. The van der Waals surface area contributed by atoms with Gasteiger partial charge in [-0.1, -0.05) is 5.16 Å².